The number of rotatable bonds is 4. The van der Waals surface area contributed by atoms with E-state index in [-0.39, 0.29) is 22.3 Å². The highest BCUT2D eigenvalue weighted by Gasteiger charge is 2.24. The highest BCUT2D eigenvalue weighted by atomic mass is 35.5. The summed E-state index contributed by atoms with van der Waals surface area (Å²) in [6, 6.07) is 4.94. The number of anilines is 3. The second kappa shape index (κ2) is 6.11. The summed E-state index contributed by atoms with van der Waals surface area (Å²) in [4.78, 5) is 20.1. The van der Waals surface area contributed by atoms with Crippen molar-refractivity contribution in [2.24, 2.45) is 0 Å². The van der Waals surface area contributed by atoms with Gasteiger partial charge in [0.2, 0.25) is 11.6 Å². The van der Waals surface area contributed by atoms with Crippen molar-refractivity contribution in [2.45, 2.75) is 0 Å². The molecule has 1 N–H and O–H groups in total. The van der Waals surface area contributed by atoms with Crippen LogP contribution in [0.2, 0.25) is 10.0 Å². The molecule has 0 aliphatic heterocycles. The summed E-state index contributed by atoms with van der Waals surface area (Å²) in [5.41, 5.74) is 0.189. The average Bonchev–Trinajstić information content (AvgIpc) is 2.43. The van der Waals surface area contributed by atoms with Gasteiger partial charge in [0, 0.05) is 14.1 Å². The Balaban J connectivity index is 2.52. The molecule has 1 aromatic carbocycles. The summed E-state index contributed by atoms with van der Waals surface area (Å²) in [7, 11) is 3.32. The molecule has 0 aliphatic rings. The maximum atomic E-state index is 11.3. The van der Waals surface area contributed by atoms with E-state index in [1.54, 1.807) is 32.3 Å². The van der Waals surface area contributed by atoms with Crippen LogP contribution in [-0.4, -0.2) is 29.0 Å². The number of halogens is 2. The van der Waals surface area contributed by atoms with Crippen LogP contribution < -0.4 is 10.2 Å². The molecule has 0 saturated carbocycles. The smallest absolute Gasteiger partial charge is 0.353 e. The first-order chi connectivity index (χ1) is 9.91. The number of hydrogen-bond acceptors (Lipinski definition) is 6. The summed E-state index contributed by atoms with van der Waals surface area (Å²) >= 11 is 12.0. The maximum absolute atomic E-state index is 11.3. The number of aromatic nitrogens is 2. The topological polar surface area (TPSA) is 84.2 Å². The van der Waals surface area contributed by atoms with E-state index >= 15 is 0 Å². The van der Waals surface area contributed by atoms with Crippen molar-refractivity contribution in [1.82, 2.24) is 9.97 Å². The molecule has 0 amide bonds. The van der Waals surface area contributed by atoms with E-state index < -0.39 is 4.92 Å². The van der Waals surface area contributed by atoms with Crippen molar-refractivity contribution in [3.05, 3.63) is 44.7 Å². The number of benzene rings is 1. The lowest BCUT2D eigenvalue weighted by Gasteiger charge is -2.14. The summed E-state index contributed by atoms with van der Waals surface area (Å²) in [6.45, 7) is 0. The van der Waals surface area contributed by atoms with Crippen molar-refractivity contribution in [1.29, 1.82) is 0 Å². The summed E-state index contributed by atoms with van der Waals surface area (Å²) in [5.74, 6) is 0.235. The van der Waals surface area contributed by atoms with Crippen molar-refractivity contribution < 1.29 is 4.92 Å². The Morgan fingerprint density at radius 2 is 2.00 bits per heavy atom. The van der Waals surface area contributed by atoms with Crippen molar-refractivity contribution in [2.75, 3.05) is 24.3 Å². The fraction of sp³-hybridized carbons (Fsp3) is 0.167. The van der Waals surface area contributed by atoms with Crippen LogP contribution in [0, 0.1) is 10.1 Å². The first kappa shape index (κ1) is 15.3. The Labute approximate surface area is 130 Å². The molecule has 2 aromatic rings. The minimum atomic E-state index is -0.546. The van der Waals surface area contributed by atoms with Gasteiger partial charge < -0.3 is 10.2 Å². The van der Waals surface area contributed by atoms with Gasteiger partial charge in [-0.05, 0) is 12.1 Å². The van der Waals surface area contributed by atoms with Crippen molar-refractivity contribution >= 4 is 46.2 Å². The van der Waals surface area contributed by atoms with E-state index in [0.29, 0.717) is 10.7 Å². The predicted molar refractivity (Wildman–Crippen MR) is 82.8 cm³/mol. The van der Waals surface area contributed by atoms with Crippen LogP contribution in [0.4, 0.5) is 23.0 Å². The fourth-order valence-corrected chi connectivity index (χ4v) is 2.03. The normalized spacial score (nSPS) is 10.3. The molecule has 1 heterocycles. The molecule has 0 radical (unpaired) electrons. The Morgan fingerprint density at radius 3 is 2.62 bits per heavy atom. The zero-order valence-electron chi connectivity index (χ0n) is 11.2. The lowest BCUT2D eigenvalue weighted by atomic mass is 10.3. The maximum Gasteiger partial charge on any atom is 0.353 e. The molecule has 0 aliphatic carbocycles. The molecule has 0 atom stereocenters. The average molecular weight is 328 g/mol. The molecule has 7 nitrogen and oxygen atoms in total. The fourth-order valence-electron chi connectivity index (χ4n) is 1.68. The molecule has 9 heteroatoms. The van der Waals surface area contributed by atoms with Crippen LogP contribution in [0.1, 0.15) is 0 Å². The quantitative estimate of drug-likeness (QED) is 0.683. The van der Waals surface area contributed by atoms with Gasteiger partial charge in [0.05, 0.1) is 20.7 Å². The van der Waals surface area contributed by atoms with Gasteiger partial charge in [0.25, 0.3) is 0 Å². The van der Waals surface area contributed by atoms with E-state index in [0.717, 1.165) is 0 Å². The van der Waals surface area contributed by atoms with E-state index in [1.807, 2.05) is 0 Å². The van der Waals surface area contributed by atoms with Crippen LogP contribution in [0.5, 0.6) is 0 Å². The Kier molecular flexibility index (Phi) is 4.44. The first-order valence-electron chi connectivity index (χ1n) is 5.79. The van der Waals surface area contributed by atoms with Gasteiger partial charge in [-0.2, -0.15) is 0 Å². The molecule has 21 heavy (non-hydrogen) atoms. The molecule has 2 rings (SSSR count). The SMILES string of the molecule is CN(C)c1ncnc(Nc2cccc(Cl)c2Cl)c1[N+](=O)[O-]. The number of nitrogens with zero attached hydrogens (tertiary/aromatic N) is 4. The first-order valence-corrected chi connectivity index (χ1v) is 6.55. The van der Waals surface area contributed by atoms with Crippen molar-refractivity contribution in [3.63, 3.8) is 0 Å². The molecule has 0 fully saturated rings. The van der Waals surface area contributed by atoms with Gasteiger partial charge in [-0.15, -0.1) is 0 Å². The minimum Gasteiger partial charge on any atom is -0.357 e. The molecule has 0 bridgehead atoms. The van der Waals surface area contributed by atoms with Crippen LogP contribution in [0.25, 0.3) is 0 Å². The van der Waals surface area contributed by atoms with Crippen LogP contribution in [-0.2, 0) is 0 Å². The van der Waals surface area contributed by atoms with Gasteiger partial charge in [-0.3, -0.25) is 10.1 Å². The molecule has 1 aromatic heterocycles. The largest absolute Gasteiger partial charge is 0.357 e. The molecular weight excluding hydrogens is 317 g/mol. The Bertz CT molecular complexity index is 693. The second-order valence-corrected chi connectivity index (χ2v) is 5.06. The number of hydrogen-bond donors (Lipinski definition) is 1. The number of nitro groups is 1. The van der Waals surface area contributed by atoms with Gasteiger partial charge in [-0.25, -0.2) is 9.97 Å². The standard InChI is InChI=1S/C12H11Cl2N5O2/c1-18(2)12-10(19(20)21)11(15-6-16-12)17-8-5-3-4-7(13)9(8)14/h3-6H,1-2H3,(H,15,16,17). The Hall–Kier alpha value is -2.12. The van der Waals surface area contributed by atoms with E-state index in [9.17, 15) is 10.1 Å². The highest BCUT2D eigenvalue weighted by molar-refractivity contribution is 6.43. The summed E-state index contributed by atoms with van der Waals surface area (Å²) in [6.07, 6.45) is 1.24. The zero-order valence-corrected chi connectivity index (χ0v) is 12.7. The van der Waals surface area contributed by atoms with Gasteiger partial charge in [0.1, 0.15) is 6.33 Å². The number of nitrogens with one attached hydrogen (secondary N) is 1. The minimum absolute atomic E-state index is 0.0443. The monoisotopic (exact) mass is 327 g/mol. The van der Waals surface area contributed by atoms with Gasteiger partial charge in [0.15, 0.2) is 0 Å². The van der Waals surface area contributed by atoms with E-state index in [1.165, 1.54) is 11.2 Å². The molecule has 0 spiro atoms. The predicted octanol–water partition coefficient (Wildman–Crippen LogP) is 3.50. The van der Waals surface area contributed by atoms with Crippen LogP contribution in [0.3, 0.4) is 0 Å². The van der Waals surface area contributed by atoms with Crippen molar-refractivity contribution in [3.8, 4) is 0 Å². The second-order valence-electron chi connectivity index (χ2n) is 4.27. The zero-order chi connectivity index (χ0) is 15.6. The van der Waals surface area contributed by atoms with Gasteiger partial charge in [-0.1, -0.05) is 29.3 Å². The van der Waals surface area contributed by atoms with E-state index in [2.05, 4.69) is 15.3 Å². The molecule has 0 unspecified atom stereocenters. The van der Waals surface area contributed by atoms with Crippen LogP contribution >= 0.6 is 23.2 Å². The Morgan fingerprint density at radius 1 is 1.29 bits per heavy atom. The third-order valence-electron chi connectivity index (χ3n) is 2.61. The van der Waals surface area contributed by atoms with E-state index in [4.69, 9.17) is 23.2 Å². The summed E-state index contributed by atoms with van der Waals surface area (Å²) in [5, 5.41) is 14.7. The molecule has 0 saturated heterocycles. The third kappa shape index (κ3) is 3.14. The van der Waals surface area contributed by atoms with Gasteiger partial charge >= 0.3 is 5.69 Å². The lowest BCUT2D eigenvalue weighted by Crippen LogP contribution is -2.14. The highest BCUT2D eigenvalue weighted by Crippen LogP contribution is 2.36. The lowest BCUT2D eigenvalue weighted by molar-refractivity contribution is -0.383. The van der Waals surface area contributed by atoms with Crippen LogP contribution in [0.15, 0.2) is 24.5 Å². The third-order valence-corrected chi connectivity index (χ3v) is 3.43. The molecule has 110 valence electrons. The molecular formula is C12H11Cl2N5O2. The summed E-state index contributed by atoms with van der Waals surface area (Å²) < 4.78 is 0.